The van der Waals surface area contributed by atoms with Crippen LogP contribution in [0, 0.1) is 0 Å². The van der Waals surface area contributed by atoms with Crippen molar-refractivity contribution >= 4 is 46.7 Å². The first kappa shape index (κ1) is 28.1. The monoisotopic (exact) mass is 492 g/mol. The van der Waals surface area contributed by atoms with Crippen molar-refractivity contribution in [2.24, 2.45) is 0 Å². The Hall–Kier alpha value is -0.970. The maximum atomic E-state index is 11.9. The summed E-state index contributed by atoms with van der Waals surface area (Å²) in [4.78, 5) is 23.7. The van der Waals surface area contributed by atoms with Crippen molar-refractivity contribution in [1.29, 1.82) is 0 Å². The summed E-state index contributed by atoms with van der Waals surface area (Å²) < 4.78 is 10.4. The standard InChI is InChI=1S/C24H35Cl3O4/c1-2-3-4-5-6-7-8-9-10-11-12-16-30-22(28)14-13-15-23(29)31-21-18-19(25)17-20(26)24(21)27/h17-18H,2-16H2,1H3. The fraction of sp³-hybridized carbons (Fsp3) is 0.667. The van der Waals surface area contributed by atoms with Crippen molar-refractivity contribution in [2.75, 3.05) is 6.61 Å². The molecular weight excluding hydrogens is 459 g/mol. The molecule has 0 spiro atoms. The molecule has 0 saturated carbocycles. The number of halogens is 3. The smallest absolute Gasteiger partial charge is 0.311 e. The lowest BCUT2D eigenvalue weighted by Crippen LogP contribution is -2.11. The molecule has 0 amide bonds. The first-order valence-electron chi connectivity index (χ1n) is 11.4. The molecule has 1 aromatic rings. The van der Waals surface area contributed by atoms with E-state index in [1.54, 1.807) is 0 Å². The second-order valence-corrected chi connectivity index (χ2v) is 9.00. The summed E-state index contributed by atoms with van der Waals surface area (Å²) >= 11 is 17.8. The van der Waals surface area contributed by atoms with Gasteiger partial charge in [0.05, 0.1) is 11.6 Å². The van der Waals surface area contributed by atoms with Gasteiger partial charge in [0, 0.05) is 23.9 Å². The van der Waals surface area contributed by atoms with E-state index in [9.17, 15) is 9.59 Å². The average Bonchev–Trinajstić information content (AvgIpc) is 2.72. The van der Waals surface area contributed by atoms with Crippen molar-refractivity contribution in [1.82, 2.24) is 0 Å². The minimum atomic E-state index is -0.501. The minimum absolute atomic E-state index is 0.0774. The summed E-state index contributed by atoms with van der Waals surface area (Å²) in [6.45, 7) is 2.68. The van der Waals surface area contributed by atoms with Crippen molar-refractivity contribution in [3.8, 4) is 5.75 Å². The predicted octanol–water partition coefficient (Wildman–Crippen LogP) is 8.58. The summed E-state index contributed by atoms with van der Waals surface area (Å²) in [5.41, 5.74) is 0. The van der Waals surface area contributed by atoms with E-state index in [0.29, 0.717) is 18.1 Å². The number of esters is 2. The third-order valence-corrected chi connectivity index (χ3v) is 5.96. The van der Waals surface area contributed by atoms with Crippen molar-refractivity contribution in [2.45, 2.75) is 96.8 Å². The Labute approximate surface area is 201 Å². The van der Waals surface area contributed by atoms with Gasteiger partial charge in [-0.15, -0.1) is 0 Å². The van der Waals surface area contributed by atoms with Crippen LogP contribution < -0.4 is 4.74 Å². The summed E-state index contributed by atoms with van der Waals surface area (Å²) in [6.07, 6.45) is 14.4. The largest absolute Gasteiger partial charge is 0.466 e. The van der Waals surface area contributed by atoms with Crippen LogP contribution in [0.5, 0.6) is 5.75 Å². The first-order chi connectivity index (χ1) is 14.9. The van der Waals surface area contributed by atoms with E-state index in [4.69, 9.17) is 44.3 Å². The minimum Gasteiger partial charge on any atom is -0.466 e. The lowest BCUT2D eigenvalue weighted by molar-refractivity contribution is -0.144. The summed E-state index contributed by atoms with van der Waals surface area (Å²) in [5, 5.41) is 0.664. The van der Waals surface area contributed by atoms with E-state index in [-0.39, 0.29) is 34.6 Å². The maximum Gasteiger partial charge on any atom is 0.311 e. The molecule has 0 aliphatic heterocycles. The maximum absolute atomic E-state index is 11.9. The lowest BCUT2D eigenvalue weighted by Gasteiger charge is -2.08. The van der Waals surface area contributed by atoms with E-state index in [1.807, 2.05) is 0 Å². The van der Waals surface area contributed by atoms with Gasteiger partial charge in [0.1, 0.15) is 5.02 Å². The van der Waals surface area contributed by atoms with Crippen LogP contribution in [0.2, 0.25) is 15.1 Å². The number of ether oxygens (including phenoxy) is 2. The summed E-state index contributed by atoms with van der Waals surface area (Å²) in [6, 6.07) is 2.89. The molecule has 7 heteroatoms. The van der Waals surface area contributed by atoms with Gasteiger partial charge in [-0.05, 0) is 18.9 Å². The molecule has 31 heavy (non-hydrogen) atoms. The Morgan fingerprint density at radius 2 is 1.29 bits per heavy atom. The van der Waals surface area contributed by atoms with Crippen LogP contribution in [0.3, 0.4) is 0 Å². The zero-order valence-electron chi connectivity index (χ0n) is 18.5. The Morgan fingerprint density at radius 1 is 0.742 bits per heavy atom. The highest BCUT2D eigenvalue weighted by atomic mass is 35.5. The molecule has 1 aromatic carbocycles. The highest BCUT2D eigenvalue weighted by Crippen LogP contribution is 2.35. The molecule has 0 aromatic heterocycles. The number of carbonyl (C=O) groups is 2. The van der Waals surface area contributed by atoms with Gasteiger partial charge in [0.25, 0.3) is 0 Å². The third-order valence-electron chi connectivity index (χ3n) is 4.96. The quantitative estimate of drug-likeness (QED) is 0.0943. The average molecular weight is 494 g/mol. The molecular formula is C24H35Cl3O4. The molecule has 0 bridgehead atoms. The van der Waals surface area contributed by atoms with Gasteiger partial charge >= 0.3 is 11.9 Å². The zero-order chi connectivity index (χ0) is 22.9. The molecule has 176 valence electrons. The molecule has 0 radical (unpaired) electrons. The van der Waals surface area contributed by atoms with Crippen LogP contribution >= 0.6 is 34.8 Å². The predicted molar refractivity (Wildman–Crippen MR) is 128 cm³/mol. The first-order valence-corrected chi connectivity index (χ1v) is 12.6. The van der Waals surface area contributed by atoms with Gasteiger partial charge < -0.3 is 9.47 Å². The van der Waals surface area contributed by atoms with Gasteiger partial charge in [-0.3, -0.25) is 9.59 Å². The number of carbonyl (C=O) groups excluding carboxylic acids is 2. The summed E-state index contributed by atoms with van der Waals surface area (Å²) in [5.74, 6) is -0.676. The van der Waals surface area contributed by atoms with Gasteiger partial charge in [-0.1, -0.05) is 106 Å². The molecule has 0 N–H and O–H groups in total. The second-order valence-electron chi connectivity index (χ2n) is 7.78. The van der Waals surface area contributed by atoms with Gasteiger partial charge in [0.15, 0.2) is 5.75 Å². The SMILES string of the molecule is CCCCCCCCCCCCCOC(=O)CCCC(=O)Oc1cc(Cl)cc(Cl)c1Cl. The molecule has 0 unspecified atom stereocenters. The number of hydrogen-bond acceptors (Lipinski definition) is 4. The van der Waals surface area contributed by atoms with Gasteiger partial charge in [-0.25, -0.2) is 0 Å². The van der Waals surface area contributed by atoms with E-state index < -0.39 is 5.97 Å². The van der Waals surface area contributed by atoms with Gasteiger partial charge in [-0.2, -0.15) is 0 Å². The molecule has 1 rings (SSSR count). The molecule has 0 atom stereocenters. The second kappa shape index (κ2) is 17.6. The normalized spacial score (nSPS) is 10.8. The van der Waals surface area contributed by atoms with Crippen LogP contribution in [0.1, 0.15) is 96.8 Å². The van der Waals surface area contributed by atoms with Crippen LogP contribution in [-0.4, -0.2) is 18.5 Å². The number of rotatable bonds is 17. The topological polar surface area (TPSA) is 52.6 Å². The molecule has 4 nitrogen and oxygen atoms in total. The Balaban J connectivity index is 2.00. The van der Waals surface area contributed by atoms with Crippen molar-refractivity contribution in [3.63, 3.8) is 0 Å². The molecule has 0 fully saturated rings. The molecule has 0 heterocycles. The van der Waals surface area contributed by atoms with E-state index in [0.717, 1.165) is 12.8 Å². The fourth-order valence-electron chi connectivity index (χ4n) is 3.18. The highest BCUT2D eigenvalue weighted by Gasteiger charge is 2.13. The van der Waals surface area contributed by atoms with Crippen LogP contribution in [-0.2, 0) is 14.3 Å². The molecule has 0 saturated heterocycles. The third kappa shape index (κ3) is 13.9. The van der Waals surface area contributed by atoms with E-state index in [2.05, 4.69) is 6.92 Å². The number of benzene rings is 1. The van der Waals surface area contributed by atoms with Crippen LogP contribution in [0.15, 0.2) is 12.1 Å². The Bertz CT molecular complexity index is 664. The molecule has 0 aliphatic carbocycles. The molecule has 0 aliphatic rings. The summed E-state index contributed by atoms with van der Waals surface area (Å²) in [7, 11) is 0. The lowest BCUT2D eigenvalue weighted by atomic mass is 10.1. The van der Waals surface area contributed by atoms with Crippen molar-refractivity contribution in [3.05, 3.63) is 27.2 Å². The van der Waals surface area contributed by atoms with E-state index >= 15 is 0 Å². The van der Waals surface area contributed by atoms with Crippen LogP contribution in [0.25, 0.3) is 0 Å². The van der Waals surface area contributed by atoms with E-state index in [1.165, 1.54) is 69.9 Å². The van der Waals surface area contributed by atoms with Crippen LogP contribution in [0.4, 0.5) is 0 Å². The number of hydrogen-bond donors (Lipinski definition) is 0. The fourth-order valence-corrected chi connectivity index (χ4v) is 3.80. The van der Waals surface area contributed by atoms with Crippen molar-refractivity contribution < 1.29 is 19.1 Å². The van der Waals surface area contributed by atoms with Gasteiger partial charge in [0.2, 0.25) is 0 Å². The highest BCUT2D eigenvalue weighted by molar-refractivity contribution is 6.44. The number of unbranched alkanes of at least 4 members (excludes halogenated alkanes) is 10. The Kier molecular flexibility index (Phi) is 15.9. The Morgan fingerprint density at radius 3 is 1.90 bits per heavy atom. The zero-order valence-corrected chi connectivity index (χ0v) is 20.8.